The fourth-order valence-corrected chi connectivity index (χ4v) is 3.71. The number of anilines is 1. The number of nitrogens with one attached hydrogen (secondary N) is 2. The highest BCUT2D eigenvalue weighted by Gasteiger charge is 2.40. The predicted octanol–water partition coefficient (Wildman–Crippen LogP) is 2.47. The van der Waals surface area contributed by atoms with Gasteiger partial charge in [0.05, 0.1) is 35.7 Å². The van der Waals surface area contributed by atoms with Crippen molar-refractivity contribution in [3.63, 3.8) is 0 Å². The predicted molar refractivity (Wildman–Crippen MR) is 134 cm³/mol. The zero-order valence-electron chi connectivity index (χ0n) is 21.2. The Morgan fingerprint density at radius 3 is 2.47 bits per heavy atom. The second-order valence-corrected chi connectivity index (χ2v) is 9.56. The average molecular weight is 498 g/mol. The first-order chi connectivity index (χ1) is 17.2. The number of carbonyl (C=O) groups is 1. The summed E-state index contributed by atoms with van der Waals surface area (Å²) in [7, 11) is 7.61. The monoisotopic (exact) mass is 497 g/mol. The molecule has 2 N–H and O–H groups in total. The van der Waals surface area contributed by atoms with Gasteiger partial charge in [-0.1, -0.05) is 0 Å². The number of H-pyrrole nitrogens is 1. The summed E-state index contributed by atoms with van der Waals surface area (Å²) in [6.45, 7) is 3.44. The summed E-state index contributed by atoms with van der Waals surface area (Å²) in [5.41, 5.74) is 1.72. The van der Waals surface area contributed by atoms with Crippen LogP contribution >= 0.6 is 0 Å². The Morgan fingerprint density at radius 1 is 1.14 bits per heavy atom. The van der Waals surface area contributed by atoms with Gasteiger partial charge in [-0.2, -0.15) is 0 Å². The summed E-state index contributed by atoms with van der Waals surface area (Å²) in [6, 6.07) is 7.85. The Morgan fingerprint density at radius 2 is 1.83 bits per heavy atom. The summed E-state index contributed by atoms with van der Waals surface area (Å²) in [4.78, 5) is 33.4. The molecule has 36 heavy (non-hydrogen) atoms. The Balaban J connectivity index is 1.58. The highest BCUT2D eigenvalue weighted by molar-refractivity contribution is 5.82. The summed E-state index contributed by atoms with van der Waals surface area (Å²) in [5, 5.41) is 2.94. The lowest BCUT2D eigenvalue weighted by Gasteiger charge is -2.35. The molecule has 3 heterocycles. The first-order valence-corrected chi connectivity index (χ1v) is 11.7. The van der Waals surface area contributed by atoms with Gasteiger partial charge in [0.1, 0.15) is 5.82 Å². The molecule has 0 unspecified atom stereocenters. The van der Waals surface area contributed by atoms with Crippen molar-refractivity contribution in [1.29, 1.82) is 0 Å². The van der Waals surface area contributed by atoms with Gasteiger partial charge in [0.15, 0.2) is 5.82 Å². The van der Waals surface area contributed by atoms with Gasteiger partial charge in [-0.05, 0) is 51.4 Å². The van der Waals surface area contributed by atoms with Gasteiger partial charge in [-0.3, -0.25) is 4.79 Å². The lowest BCUT2D eigenvalue weighted by molar-refractivity contribution is -0.231. The number of nitrogens with zero attached hydrogens (tertiary/aromatic N) is 5. The van der Waals surface area contributed by atoms with Gasteiger partial charge in [0.25, 0.3) is 0 Å². The molecular formula is C25H32FN7O3. The van der Waals surface area contributed by atoms with Crippen LogP contribution in [0.4, 0.5) is 10.3 Å². The zero-order valence-corrected chi connectivity index (χ0v) is 21.2. The quantitative estimate of drug-likeness (QED) is 0.489. The molecule has 1 amide bonds. The largest absolute Gasteiger partial charge is 0.354 e. The smallest absolute Gasteiger partial charge is 0.230 e. The van der Waals surface area contributed by atoms with E-state index in [1.165, 1.54) is 12.1 Å². The van der Waals surface area contributed by atoms with Gasteiger partial charge >= 0.3 is 0 Å². The van der Waals surface area contributed by atoms with Crippen molar-refractivity contribution in [2.45, 2.75) is 13.2 Å². The number of rotatable bonds is 8. The van der Waals surface area contributed by atoms with Crippen molar-refractivity contribution in [3.05, 3.63) is 48.2 Å². The first kappa shape index (κ1) is 25.7. The highest BCUT2D eigenvalue weighted by Crippen LogP contribution is 2.35. The summed E-state index contributed by atoms with van der Waals surface area (Å²) >= 11 is 0. The van der Waals surface area contributed by atoms with E-state index in [0.717, 1.165) is 6.54 Å². The third-order valence-corrected chi connectivity index (χ3v) is 5.86. The van der Waals surface area contributed by atoms with Gasteiger partial charge < -0.3 is 29.6 Å². The van der Waals surface area contributed by atoms with Crippen molar-refractivity contribution < 1.29 is 18.7 Å². The first-order valence-electron chi connectivity index (χ1n) is 11.7. The fraction of sp³-hybridized carbons (Fsp3) is 0.440. The van der Waals surface area contributed by atoms with E-state index in [1.54, 1.807) is 29.3 Å². The topological polar surface area (TPSA) is 109 Å². The molecule has 10 nitrogen and oxygen atoms in total. The van der Waals surface area contributed by atoms with E-state index in [1.807, 2.05) is 40.0 Å². The third kappa shape index (κ3) is 5.69. The lowest BCUT2D eigenvalue weighted by atomic mass is 9.91. The zero-order chi connectivity index (χ0) is 25.9. The van der Waals surface area contributed by atoms with Crippen molar-refractivity contribution in [1.82, 2.24) is 30.2 Å². The number of hydrogen-bond donors (Lipinski definition) is 2. The van der Waals surface area contributed by atoms with Gasteiger partial charge in [-0.15, -0.1) is 0 Å². The molecule has 0 radical (unpaired) electrons. The molecule has 1 aliphatic rings. The minimum Gasteiger partial charge on any atom is -0.354 e. The minimum atomic E-state index is -0.814. The Labute approximate surface area is 209 Å². The molecule has 1 aliphatic heterocycles. The van der Waals surface area contributed by atoms with Crippen LogP contribution in [0.25, 0.3) is 22.6 Å². The molecule has 2 aromatic heterocycles. The highest BCUT2D eigenvalue weighted by atomic mass is 19.1. The summed E-state index contributed by atoms with van der Waals surface area (Å²) < 4.78 is 25.5. The van der Waals surface area contributed by atoms with Crippen molar-refractivity contribution >= 4 is 11.9 Å². The van der Waals surface area contributed by atoms with Crippen LogP contribution in [-0.4, -0.2) is 85.2 Å². The van der Waals surface area contributed by atoms with Crippen LogP contribution in [0.3, 0.4) is 0 Å². The maximum absolute atomic E-state index is 13.6. The molecule has 1 fully saturated rings. The average Bonchev–Trinajstić information content (AvgIpc) is 3.30. The van der Waals surface area contributed by atoms with Crippen LogP contribution in [0.15, 0.2) is 36.5 Å². The molecule has 11 heteroatoms. The third-order valence-electron chi connectivity index (χ3n) is 5.86. The Bertz CT molecular complexity index is 1190. The number of likely N-dealkylation sites (N-methyl/N-ethyl adjacent to an activating group) is 1. The second-order valence-electron chi connectivity index (χ2n) is 9.56. The van der Waals surface area contributed by atoms with Crippen LogP contribution in [0.2, 0.25) is 0 Å². The number of carbonyl (C=O) groups excluding carboxylic acids is 1. The molecule has 1 saturated heterocycles. The molecule has 0 spiro atoms. The lowest BCUT2D eigenvalue weighted by Crippen LogP contribution is -2.49. The molecule has 0 atom stereocenters. The molecule has 3 aromatic rings. The number of imidazole rings is 1. The summed E-state index contributed by atoms with van der Waals surface area (Å²) in [5.74, 6) is 0.515. The van der Waals surface area contributed by atoms with Crippen LogP contribution in [-0.2, 0) is 14.3 Å². The van der Waals surface area contributed by atoms with E-state index in [9.17, 15) is 9.18 Å². The normalized spacial score (nSPS) is 19.9. The van der Waals surface area contributed by atoms with Gasteiger partial charge in [-0.25, -0.2) is 19.3 Å². The number of aromatic amines is 1. The maximum atomic E-state index is 13.6. The van der Waals surface area contributed by atoms with Crippen molar-refractivity contribution in [3.8, 4) is 22.6 Å². The maximum Gasteiger partial charge on any atom is 0.230 e. The number of ether oxygens (including phenoxy) is 2. The van der Waals surface area contributed by atoms with Gasteiger partial charge in [0, 0.05) is 38.9 Å². The van der Waals surface area contributed by atoms with E-state index >= 15 is 0 Å². The SMILES string of the molecule is CN(C)CCNC(=O)C1(C)COC(c2nc(-c3ccc(F)cc3)c(-c3ccnc(N(C)C)n3)[nH]2)OC1. The van der Waals surface area contributed by atoms with E-state index < -0.39 is 11.7 Å². The van der Waals surface area contributed by atoms with Crippen molar-refractivity contribution in [2.24, 2.45) is 5.41 Å². The molecule has 1 aromatic carbocycles. The van der Waals surface area contributed by atoms with E-state index in [2.05, 4.69) is 20.3 Å². The van der Waals surface area contributed by atoms with Crippen LogP contribution in [0.5, 0.6) is 0 Å². The van der Waals surface area contributed by atoms with Crippen LogP contribution in [0, 0.1) is 11.2 Å². The molecule has 4 rings (SSSR count). The fourth-order valence-electron chi connectivity index (χ4n) is 3.71. The molecule has 0 aliphatic carbocycles. The van der Waals surface area contributed by atoms with Gasteiger partial charge in [0.2, 0.25) is 18.1 Å². The number of benzene rings is 1. The number of aromatic nitrogens is 4. The van der Waals surface area contributed by atoms with Crippen molar-refractivity contribution in [2.75, 3.05) is 59.4 Å². The van der Waals surface area contributed by atoms with Crippen LogP contribution < -0.4 is 10.2 Å². The number of hydrogen-bond acceptors (Lipinski definition) is 8. The Kier molecular flexibility index (Phi) is 7.62. The van der Waals surface area contributed by atoms with Crippen LogP contribution in [0.1, 0.15) is 19.0 Å². The standard InChI is InChI=1S/C25H32FN7O3/c1-25(23(34)27-12-13-32(2)3)14-35-22(36-15-25)21-30-19(16-6-8-17(26)9-7-16)20(31-21)18-10-11-28-24(29-18)33(4)5/h6-11,22H,12-15H2,1-5H3,(H,27,34)(H,30,31). The number of halogens is 1. The summed E-state index contributed by atoms with van der Waals surface area (Å²) in [6.07, 6.45) is 0.872. The molecule has 0 bridgehead atoms. The number of amides is 1. The molecule has 0 saturated carbocycles. The van der Waals surface area contributed by atoms with E-state index in [0.29, 0.717) is 41.0 Å². The second kappa shape index (κ2) is 10.7. The molecule has 192 valence electrons. The molecular weight excluding hydrogens is 465 g/mol. The minimum absolute atomic E-state index is 0.118. The van der Waals surface area contributed by atoms with E-state index in [4.69, 9.17) is 14.5 Å². The Hall–Kier alpha value is -3.41. The van der Waals surface area contributed by atoms with E-state index in [-0.39, 0.29) is 24.9 Å².